The van der Waals surface area contributed by atoms with Crippen LogP contribution >= 0.6 is 11.8 Å². The molecular weight excluding hydrogens is 234 g/mol. The van der Waals surface area contributed by atoms with E-state index in [-0.39, 0.29) is 0 Å². The Balaban J connectivity index is 2.37. The summed E-state index contributed by atoms with van der Waals surface area (Å²) in [7, 11) is 0. The zero-order valence-corrected chi connectivity index (χ0v) is 10.1. The second-order valence-electron chi connectivity index (χ2n) is 3.54. The number of hydrogen-bond acceptors (Lipinski definition) is 3. The second kappa shape index (κ2) is 5.01. The molecule has 0 aliphatic rings. The van der Waals surface area contributed by atoms with E-state index in [4.69, 9.17) is 5.11 Å². The van der Waals surface area contributed by atoms with Gasteiger partial charge in [-0.15, -0.1) is 0 Å². The number of carboxylic acids is 1. The average molecular weight is 245 g/mol. The Morgan fingerprint density at radius 1 is 1.24 bits per heavy atom. The second-order valence-corrected chi connectivity index (χ2v) is 4.63. The summed E-state index contributed by atoms with van der Waals surface area (Å²) in [5, 5.41) is 9.09. The fourth-order valence-corrected chi connectivity index (χ4v) is 2.42. The third kappa shape index (κ3) is 2.65. The molecule has 2 aromatic rings. The van der Waals surface area contributed by atoms with Crippen LogP contribution in [0, 0.1) is 6.92 Å². The molecule has 0 amide bonds. The third-order valence-corrected chi connectivity index (χ3v) is 3.56. The normalized spacial score (nSPS) is 10.2. The zero-order chi connectivity index (χ0) is 12.3. The van der Waals surface area contributed by atoms with Crippen molar-refractivity contribution >= 4 is 17.7 Å². The summed E-state index contributed by atoms with van der Waals surface area (Å²) >= 11 is 1.45. The van der Waals surface area contributed by atoms with E-state index in [1.807, 2.05) is 25.1 Å². The summed E-state index contributed by atoms with van der Waals surface area (Å²) < 4.78 is 0. The van der Waals surface area contributed by atoms with Gasteiger partial charge in [-0.05, 0) is 30.7 Å². The number of carboxylic acid groups (broad SMARTS) is 1. The first kappa shape index (κ1) is 11.7. The fourth-order valence-electron chi connectivity index (χ4n) is 1.43. The van der Waals surface area contributed by atoms with E-state index in [0.717, 1.165) is 15.4 Å². The minimum Gasteiger partial charge on any atom is -0.478 e. The monoisotopic (exact) mass is 245 g/mol. The topological polar surface area (TPSA) is 50.2 Å². The maximum atomic E-state index is 11.1. The highest BCUT2D eigenvalue weighted by molar-refractivity contribution is 7.99. The summed E-state index contributed by atoms with van der Waals surface area (Å²) in [6.45, 7) is 1.96. The van der Waals surface area contributed by atoms with Crippen molar-refractivity contribution in [2.24, 2.45) is 0 Å². The van der Waals surface area contributed by atoms with Crippen LogP contribution in [-0.4, -0.2) is 16.1 Å². The van der Waals surface area contributed by atoms with E-state index in [2.05, 4.69) is 4.98 Å². The molecule has 0 bridgehead atoms. The molecule has 0 aliphatic carbocycles. The Bertz CT molecular complexity index is 555. The molecule has 4 heteroatoms. The molecule has 0 saturated heterocycles. The molecule has 3 nitrogen and oxygen atoms in total. The highest BCUT2D eigenvalue weighted by Crippen LogP contribution is 2.31. The Morgan fingerprint density at radius 2 is 2.00 bits per heavy atom. The number of benzene rings is 1. The molecule has 1 aromatic heterocycles. The van der Waals surface area contributed by atoms with Gasteiger partial charge in [-0.2, -0.15) is 0 Å². The summed E-state index contributed by atoms with van der Waals surface area (Å²) in [5.41, 5.74) is 1.37. The number of aryl methyl sites for hydroxylation is 1. The van der Waals surface area contributed by atoms with Crippen LogP contribution in [0.1, 0.15) is 15.9 Å². The van der Waals surface area contributed by atoms with E-state index in [1.165, 1.54) is 11.8 Å². The summed E-state index contributed by atoms with van der Waals surface area (Å²) in [4.78, 5) is 16.9. The van der Waals surface area contributed by atoms with Crippen molar-refractivity contribution in [1.29, 1.82) is 0 Å². The maximum Gasteiger partial charge on any atom is 0.336 e. The van der Waals surface area contributed by atoms with E-state index in [9.17, 15) is 4.79 Å². The fraction of sp³-hybridized carbons (Fsp3) is 0.0769. The molecular formula is C13H11NO2S. The summed E-state index contributed by atoms with van der Waals surface area (Å²) in [6, 6.07) is 8.88. The van der Waals surface area contributed by atoms with Gasteiger partial charge in [-0.1, -0.05) is 23.9 Å². The number of carbonyl (C=O) groups is 1. The first-order valence-electron chi connectivity index (χ1n) is 5.09. The molecule has 17 heavy (non-hydrogen) atoms. The van der Waals surface area contributed by atoms with Crippen molar-refractivity contribution in [3.05, 3.63) is 53.9 Å². The van der Waals surface area contributed by atoms with Crippen molar-refractivity contribution in [2.75, 3.05) is 0 Å². The predicted octanol–water partition coefficient (Wildman–Crippen LogP) is 3.24. The molecule has 0 saturated carbocycles. The van der Waals surface area contributed by atoms with E-state index in [1.54, 1.807) is 24.5 Å². The third-order valence-electron chi connectivity index (χ3n) is 2.31. The van der Waals surface area contributed by atoms with Crippen molar-refractivity contribution < 1.29 is 9.90 Å². The average Bonchev–Trinajstić information content (AvgIpc) is 2.32. The van der Waals surface area contributed by atoms with Crippen LogP contribution < -0.4 is 0 Å². The summed E-state index contributed by atoms with van der Waals surface area (Å²) in [5.74, 6) is -0.903. The SMILES string of the molecule is Cc1cnccc1Sc1ccccc1C(=O)O. The van der Waals surface area contributed by atoms with E-state index < -0.39 is 5.97 Å². The van der Waals surface area contributed by atoms with Crippen LogP contribution in [-0.2, 0) is 0 Å². The number of aromatic carboxylic acids is 1. The van der Waals surface area contributed by atoms with Gasteiger partial charge in [0.15, 0.2) is 0 Å². The molecule has 86 valence electrons. The lowest BCUT2D eigenvalue weighted by molar-refractivity contribution is 0.0693. The largest absolute Gasteiger partial charge is 0.478 e. The van der Waals surface area contributed by atoms with Crippen LogP contribution in [0.2, 0.25) is 0 Å². The summed E-state index contributed by atoms with van der Waals surface area (Å²) in [6.07, 6.45) is 3.48. The van der Waals surface area contributed by atoms with Crippen LogP contribution in [0.5, 0.6) is 0 Å². The Labute approximate surface area is 104 Å². The van der Waals surface area contributed by atoms with E-state index in [0.29, 0.717) is 5.56 Å². The van der Waals surface area contributed by atoms with Gasteiger partial charge >= 0.3 is 5.97 Å². The Hall–Kier alpha value is -1.81. The van der Waals surface area contributed by atoms with Crippen LogP contribution in [0.4, 0.5) is 0 Å². The Kier molecular flexibility index (Phi) is 3.44. The molecule has 0 aliphatic heterocycles. The lowest BCUT2D eigenvalue weighted by Crippen LogP contribution is -1.98. The van der Waals surface area contributed by atoms with Gasteiger partial charge in [0, 0.05) is 22.2 Å². The molecule has 1 N–H and O–H groups in total. The van der Waals surface area contributed by atoms with Gasteiger partial charge in [-0.3, -0.25) is 4.98 Å². The lowest BCUT2D eigenvalue weighted by atomic mass is 10.2. The highest BCUT2D eigenvalue weighted by Gasteiger charge is 2.10. The van der Waals surface area contributed by atoms with Gasteiger partial charge in [-0.25, -0.2) is 4.79 Å². The highest BCUT2D eigenvalue weighted by atomic mass is 32.2. The molecule has 0 unspecified atom stereocenters. The number of aromatic nitrogens is 1. The number of hydrogen-bond donors (Lipinski definition) is 1. The molecule has 0 fully saturated rings. The molecule has 2 rings (SSSR count). The minimum atomic E-state index is -0.903. The Morgan fingerprint density at radius 3 is 2.71 bits per heavy atom. The standard InChI is InChI=1S/C13H11NO2S/c1-9-8-14-7-6-11(9)17-12-5-3-2-4-10(12)13(15)16/h2-8H,1H3,(H,15,16). The number of rotatable bonds is 3. The quantitative estimate of drug-likeness (QED) is 0.901. The maximum absolute atomic E-state index is 11.1. The van der Waals surface area contributed by atoms with Crippen molar-refractivity contribution in [3.8, 4) is 0 Å². The van der Waals surface area contributed by atoms with Gasteiger partial charge in [0.2, 0.25) is 0 Å². The smallest absolute Gasteiger partial charge is 0.336 e. The van der Waals surface area contributed by atoms with Crippen LogP contribution in [0.3, 0.4) is 0 Å². The van der Waals surface area contributed by atoms with Gasteiger partial charge in [0.05, 0.1) is 5.56 Å². The number of pyridine rings is 1. The number of nitrogens with zero attached hydrogens (tertiary/aromatic N) is 1. The molecule has 0 spiro atoms. The van der Waals surface area contributed by atoms with Crippen molar-refractivity contribution in [2.45, 2.75) is 16.7 Å². The van der Waals surface area contributed by atoms with Crippen molar-refractivity contribution in [3.63, 3.8) is 0 Å². The first-order valence-corrected chi connectivity index (χ1v) is 5.91. The first-order chi connectivity index (χ1) is 8.18. The minimum absolute atomic E-state index is 0.328. The van der Waals surface area contributed by atoms with Gasteiger partial charge < -0.3 is 5.11 Å². The lowest BCUT2D eigenvalue weighted by Gasteiger charge is -2.07. The predicted molar refractivity (Wildman–Crippen MR) is 66.5 cm³/mol. The van der Waals surface area contributed by atoms with Crippen molar-refractivity contribution in [1.82, 2.24) is 4.98 Å². The molecule has 1 heterocycles. The van der Waals surface area contributed by atoms with Crippen LogP contribution in [0.15, 0.2) is 52.5 Å². The molecule has 0 atom stereocenters. The van der Waals surface area contributed by atoms with Gasteiger partial charge in [0.25, 0.3) is 0 Å². The zero-order valence-electron chi connectivity index (χ0n) is 9.25. The molecule has 1 aromatic carbocycles. The van der Waals surface area contributed by atoms with E-state index >= 15 is 0 Å². The van der Waals surface area contributed by atoms with Crippen LogP contribution in [0.25, 0.3) is 0 Å². The van der Waals surface area contributed by atoms with Gasteiger partial charge in [0.1, 0.15) is 0 Å². The molecule has 0 radical (unpaired) electrons.